The van der Waals surface area contributed by atoms with Gasteiger partial charge in [0.1, 0.15) is 0 Å². The first kappa shape index (κ1) is 15.9. The summed E-state index contributed by atoms with van der Waals surface area (Å²) in [5.41, 5.74) is 0. The molecule has 0 aromatic heterocycles. The van der Waals surface area contributed by atoms with Crippen molar-refractivity contribution in [3.63, 3.8) is 0 Å². The normalized spacial score (nSPS) is 10.4. The Bertz CT molecular complexity index is 239. The van der Waals surface area contributed by atoms with Crippen LogP contribution in [0, 0.1) is 5.92 Å². The van der Waals surface area contributed by atoms with E-state index in [4.69, 9.17) is 0 Å². The third kappa shape index (κ3) is 7.77. The summed E-state index contributed by atoms with van der Waals surface area (Å²) in [5, 5.41) is 0. The van der Waals surface area contributed by atoms with Gasteiger partial charge in [0.05, 0.1) is 13.5 Å². The number of unbranched alkanes of at least 4 members (excludes halogenated alkanes) is 1. The van der Waals surface area contributed by atoms with Gasteiger partial charge in [-0.1, -0.05) is 27.2 Å². The third-order valence-corrected chi connectivity index (χ3v) is 2.50. The van der Waals surface area contributed by atoms with Crippen molar-refractivity contribution >= 4 is 11.9 Å². The molecule has 0 saturated carbocycles. The molecule has 0 radical (unpaired) electrons. The lowest BCUT2D eigenvalue weighted by Crippen LogP contribution is -2.35. The van der Waals surface area contributed by atoms with Crippen LogP contribution in [0.25, 0.3) is 0 Å². The molecule has 0 fully saturated rings. The second kappa shape index (κ2) is 9.02. The Morgan fingerprint density at radius 1 is 1.24 bits per heavy atom. The van der Waals surface area contributed by atoms with Crippen LogP contribution < -0.4 is 0 Å². The molecule has 0 N–H and O–H groups in total. The molecule has 0 rings (SSSR count). The smallest absolute Gasteiger partial charge is 0.307 e. The topological polar surface area (TPSA) is 46.6 Å². The van der Waals surface area contributed by atoms with E-state index in [1.807, 2.05) is 0 Å². The molecule has 0 unspecified atom stereocenters. The lowest BCUT2D eigenvalue weighted by Gasteiger charge is -2.24. The largest absolute Gasteiger partial charge is 0.469 e. The summed E-state index contributed by atoms with van der Waals surface area (Å²) in [6.45, 7) is 7.37. The number of carbonyl (C=O) groups is 2. The molecule has 0 bridgehead atoms. The maximum Gasteiger partial charge on any atom is 0.307 e. The molecule has 0 spiro atoms. The third-order valence-electron chi connectivity index (χ3n) is 2.50. The maximum atomic E-state index is 11.9. The number of amides is 1. The molecule has 0 aliphatic rings. The van der Waals surface area contributed by atoms with E-state index in [0.29, 0.717) is 25.4 Å². The quantitative estimate of drug-likeness (QED) is 0.614. The highest BCUT2D eigenvalue weighted by Gasteiger charge is 2.15. The number of methoxy groups -OCH3 is 1. The zero-order chi connectivity index (χ0) is 13.3. The Labute approximate surface area is 104 Å². The van der Waals surface area contributed by atoms with Gasteiger partial charge in [-0.05, 0) is 12.3 Å². The van der Waals surface area contributed by atoms with Crippen molar-refractivity contribution in [1.82, 2.24) is 4.90 Å². The highest BCUT2D eigenvalue weighted by molar-refractivity contribution is 5.77. The lowest BCUT2D eigenvalue weighted by atomic mass is 10.1. The zero-order valence-electron chi connectivity index (χ0n) is 11.5. The molecule has 4 nitrogen and oxygen atoms in total. The lowest BCUT2D eigenvalue weighted by molar-refractivity contribution is -0.141. The van der Waals surface area contributed by atoms with Gasteiger partial charge in [-0.2, -0.15) is 0 Å². The zero-order valence-corrected chi connectivity index (χ0v) is 11.5. The van der Waals surface area contributed by atoms with Crippen molar-refractivity contribution in [3.05, 3.63) is 0 Å². The van der Waals surface area contributed by atoms with Crippen molar-refractivity contribution in [1.29, 1.82) is 0 Å². The molecule has 0 aromatic carbocycles. The number of nitrogens with zero attached hydrogens (tertiary/aromatic N) is 1. The van der Waals surface area contributed by atoms with Crippen molar-refractivity contribution in [3.8, 4) is 0 Å². The molecular weight excluding hydrogens is 218 g/mol. The second-order valence-electron chi connectivity index (χ2n) is 4.66. The average molecular weight is 243 g/mol. The summed E-state index contributed by atoms with van der Waals surface area (Å²) in [6.07, 6.45) is 2.77. The number of hydrogen-bond acceptors (Lipinski definition) is 3. The summed E-state index contributed by atoms with van der Waals surface area (Å²) < 4.78 is 4.59. The summed E-state index contributed by atoms with van der Waals surface area (Å²) in [5.74, 6) is 0.296. The van der Waals surface area contributed by atoms with Crippen LogP contribution >= 0.6 is 0 Å². The van der Waals surface area contributed by atoms with E-state index < -0.39 is 0 Å². The number of carbonyl (C=O) groups excluding carboxylic acids is 2. The van der Waals surface area contributed by atoms with E-state index in [0.717, 1.165) is 12.8 Å². The van der Waals surface area contributed by atoms with E-state index in [2.05, 4.69) is 25.5 Å². The highest BCUT2D eigenvalue weighted by Crippen LogP contribution is 2.06. The molecule has 0 saturated heterocycles. The van der Waals surface area contributed by atoms with Gasteiger partial charge < -0.3 is 9.64 Å². The second-order valence-corrected chi connectivity index (χ2v) is 4.66. The Morgan fingerprint density at radius 2 is 1.88 bits per heavy atom. The molecule has 0 atom stereocenters. The Hall–Kier alpha value is -1.06. The number of esters is 1. The van der Waals surface area contributed by atoms with Gasteiger partial charge in [0.25, 0.3) is 0 Å². The van der Waals surface area contributed by atoms with Crippen LogP contribution in [0.2, 0.25) is 0 Å². The van der Waals surface area contributed by atoms with E-state index in [1.165, 1.54) is 7.11 Å². The fourth-order valence-corrected chi connectivity index (χ4v) is 1.57. The molecule has 100 valence electrons. The summed E-state index contributed by atoms with van der Waals surface area (Å²) >= 11 is 0. The van der Waals surface area contributed by atoms with E-state index in [9.17, 15) is 9.59 Å². The first-order chi connectivity index (χ1) is 8.01. The van der Waals surface area contributed by atoms with Crippen LogP contribution in [-0.4, -0.2) is 37.0 Å². The van der Waals surface area contributed by atoms with Gasteiger partial charge >= 0.3 is 5.97 Å². The molecule has 0 heterocycles. The van der Waals surface area contributed by atoms with Gasteiger partial charge in [-0.25, -0.2) is 0 Å². The Morgan fingerprint density at radius 3 is 2.35 bits per heavy atom. The minimum Gasteiger partial charge on any atom is -0.469 e. The van der Waals surface area contributed by atoms with Crippen LogP contribution in [-0.2, 0) is 14.3 Å². The molecule has 4 heteroatoms. The Kier molecular flexibility index (Phi) is 8.46. The summed E-state index contributed by atoms with van der Waals surface area (Å²) in [6, 6.07) is 0. The minimum atomic E-state index is -0.262. The van der Waals surface area contributed by atoms with Crippen molar-refractivity contribution in [2.24, 2.45) is 5.92 Å². The molecule has 1 amide bonds. The highest BCUT2D eigenvalue weighted by atomic mass is 16.5. The predicted molar refractivity (Wildman–Crippen MR) is 67.6 cm³/mol. The fraction of sp³-hybridized carbons (Fsp3) is 0.846. The predicted octanol–water partition coefficient (Wildman–Crippen LogP) is 2.22. The molecule has 0 aromatic rings. The van der Waals surface area contributed by atoms with Crippen molar-refractivity contribution < 1.29 is 14.3 Å². The van der Waals surface area contributed by atoms with Crippen LogP contribution in [0.5, 0.6) is 0 Å². The van der Waals surface area contributed by atoms with Gasteiger partial charge in [-0.15, -0.1) is 0 Å². The van der Waals surface area contributed by atoms with Crippen LogP contribution in [0.3, 0.4) is 0 Å². The molecule has 0 aliphatic carbocycles. The first-order valence-corrected chi connectivity index (χ1v) is 6.35. The van der Waals surface area contributed by atoms with Crippen LogP contribution in [0.15, 0.2) is 0 Å². The van der Waals surface area contributed by atoms with E-state index in [-0.39, 0.29) is 18.3 Å². The van der Waals surface area contributed by atoms with Gasteiger partial charge in [0.15, 0.2) is 0 Å². The monoisotopic (exact) mass is 243 g/mol. The van der Waals surface area contributed by atoms with Gasteiger partial charge in [-0.3, -0.25) is 9.59 Å². The fourth-order valence-electron chi connectivity index (χ4n) is 1.57. The number of ether oxygens (including phenoxy) is 1. The average Bonchev–Trinajstić information content (AvgIpc) is 2.30. The van der Waals surface area contributed by atoms with Crippen molar-refractivity contribution in [2.75, 3.05) is 20.2 Å². The number of rotatable bonds is 8. The molecule has 0 aliphatic heterocycles. The summed E-state index contributed by atoms with van der Waals surface area (Å²) in [7, 11) is 1.37. The maximum absolute atomic E-state index is 11.9. The summed E-state index contributed by atoms with van der Waals surface area (Å²) in [4.78, 5) is 24.8. The van der Waals surface area contributed by atoms with E-state index >= 15 is 0 Å². The van der Waals surface area contributed by atoms with Gasteiger partial charge in [0, 0.05) is 19.5 Å². The van der Waals surface area contributed by atoms with Gasteiger partial charge in [0.2, 0.25) is 5.91 Å². The SMILES string of the molecule is CCCCC(=O)N(CCC(=O)OC)CC(C)C. The first-order valence-electron chi connectivity index (χ1n) is 6.35. The standard InChI is InChI=1S/C13H25NO3/c1-5-6-7-12(15)14(10-11(2)3)9-8-13(16)17-4/h11H,5-10H2,1-4H3. The van der Waals surface area contributed by atoms with E-state index in [1.54, 1.807) is 4.90 Å². The van der Waals surface area contributed by atoms with Crippen LogP contribution in [0.1, 0.15) is 46.5 Å². The van der Waals surface area contributed by atoms with Crippen molar-refractivity contribution in [2.45, 2.75) is 46.5 Å². The van der Waals surface area contributed by atoms with Crippen LogP contribution in [0.4, 0.5) is 0 Å². The minimum absolute atomic E-state index is 0.143. The molecule has 17 heavy (non-hydrogen) atoms. The molecular formula is C13H25NO3. The Balaban J connectivity index is 4.21. The number of hydrogen-bond donors (Lipinski definition) is 0.